The third-order valence-electron chi connectivity index (χ3n) is 5.72. The van der Waals surface area contributed by atoms with Crippen molar-refractivity contribution >= 4 is 39.0 Å². The van der Waals surface area contributed by atoms with Gasteiger partial charge in [0.25, 0.3) is 5.91 Å². The van der Waals surface area contributed by atoms with Crippen molar-refractivity contribution in [2.24, 2.45) is 0 Å². The Morgan fingerprint density at radius 1 is 1.17 bits per heavy atom. The van der Waals surface area contributed by atoms with E-state index in [4.69, 9.17) is 14.7 Å². The highest BCUT2D eigenvalue weighted by molar-refractivity contribution is 7.19. The van der Waals surface area contributed by atoms with Gasteiger partial charge in [0.15, 0.2) is 0 Å². The van der Waals surface area contributed by atoms with E-state index in [1.807, 2.05) is 35.6 Å². The standard InChI is InChI=1S/C22H25N5O2S/c1-23-21(28)14-5-7-15(8-6-14)24-20-19-16-3-2-4-17(16)30-22(19)26-18(25-20)13-27-9-11-29-12-10-27/h5-8H,2-4,9-13H2,1H3,(H,23,28)(H,24,25,26). The quantitative estimate of drug-likeness (QED) is 0.657. The number of aryl methyl sites for hydroxylation is 2. The summed E-state index contributed by atoms with van der Waals surface area (Å²) >= 11 is 1.81. The number of nitrogens with one attached hydrogen (secondary N) is 2. The first-order chi connectivity index (χ1) is 14.7. The zero-order valence-corrected chi connectivity index (χ0v) is 17.8. The molecule has 0 spiro atoms. The maximum atomic E-state index is 11.8. The van der Waals surface area contributed by atoms with Gasteiger partial charge in [-0.1, -0.05) is 0 Å². The molecule has 3 heterocycles. The number of fused-ring (bicyclic) bond motifs is 3. The molecule has 5 rings (SSSR count). The summed E-state index contributed by atoms with van der Waals surface area (Å²) in [5.74, 6) is 1.62. The smallest absolute Gasteiger partial charge is 0.251 e. The fraction of sp³-hybridized carbons (Fsp3) is 0.409. The SMILES string of the molecule is CNC(=O)c1ccc(Nc2nc(CN3CCOCC3)nc3sc4c(c23)CCC4)cc1. The molecule has 1 aromatic carbocycles. The molecular weight excluding hydrogens is 398 g/mol. The molecule has 0 atom stereocenters. The average Bonchev–Trinajstić information content (AvgIpc) is 3.35. The Hall–Kier alpha value is -2.55. The molecule has 156 valence electrons. The van der Waals surface area contributed by atoms with Crippen LogP contribution in [0, 0.1) is 0 Å². The first-order valence-corrected chi connectivity index (χ1v) is 11.2. The molecule has 2 aliphatic rings. The van der Waals surface area contributed by atoms with Gasteiger partial charge < -0.3 is 15.4 Å². The number of nitrogens with zero attached hydrogens (tertiary/aromatic N) is 3. The molecule has 1 fully saturated rings. The molecule has 2 aromatic heterocycles. The third kappa shape index (κ3) is 3.78. The molecule has 8 heteroatoms. The predicted octanol–water partition coefficient (Wildman–Crippen LogP) is 3.12. The zero-order chi connectivity index (χ0) is 20.5. The van der Waals surface area contributed by atoms with Crippen molar-refractivity contribution in [3.63, 3.8) is 0 Å². The van der Waals surface area contributed by atoms with Gasteiger partial charge in [-0.3, -0.25) is 9.69 Å². The molecule has 1 aliphatic heterocycles. The van der Waals surface area contributed by atoms with Crippen LogP contribution < -0.4 is 10.6 Å². The first-order valence-electron chi connectivity index (χ1n) is 10.4. The summed E-state index contributed by atoms with van der Waals surface area (Å²) in [4.78, 5) is 26.5. The number of carbonyl (C=O) groups excluding carboxylic acids is 1. The number of morpholine rings is 1. The zero-order valence-electron chi connectivity index (χ0n) is 17.0. The molecule has 1 aliphatic carbocycles. The van der Waals surface area contributed by atoms with Crippen LogP contribution in [0.25, 0.3) is 10.2 Å². The number of aromatic nitrogens is 2. The van der Waals surface area contributed by atoms with Gasteiger partial charge in [-0.05, 0) is 49.1 Å². The monoisotopic (exact) mass is 423 g/mol. The van der Waals surface area contributed by atoms with E-state index in [1.54, 1.807) is 7.05 Å². The van der Waals surface area contributed by atoms with Crippen molar-refractivity contribution in [2.75, 3.05) is 38.7 Å². The molecule has 0 radical (unpaired) electrons. The number of rotatable bonds is 5. The molecule has 0 bridgehead atoms. The number of ether oxygens (including phenoxy) is 1. The lowest BCUT2D eigenvalue weighted by Gasteiger charge is -2.25. The number of anilines is 2. The maximum absolute atomic E-state index is 11.8. The van der Waals surface area contributed by atoms with E-state index in [1.165, 1.54) is 16.9 Å². The van der Waals surface area contributed by atoms with Gasteiger partial charge in [0.05, 0.1) is 25.1 Å². The summed E-state index contributed by atoms with van der Waals surface area (Å²) in [5, 5.41) is 7.32. The minimum absolute atomic E-state index is 0.0885. The first kappa shape index (κ1) is 19.4. The number of hydrogen-bond acceptors (Lipinski definition) is 7. The average molecular weight is 424 g/mol. The summed E-state index contributed by atoms with van der Waals surface area (Å²) < 4.78 is 5.46. The molecule has 3 aromatic rings. The van der Waals surface area contributed by atoms with E-state index in [2.05, 4.69) is 15.5 Å². The van der Waals surface area contributed by atoms with Crippen LogP contribution in [0.1, 0.15) is 33.0 Å². The molecule has 30 heavy (non-hydrogen) atoms. The number of carbonyl (C=O) groups is 1. The Bertz CT molecular complexity index is 1070. The van der Waals surface area contributed by atoms with E-state index >= 15 is 0 Å². The molecule has 0 saturated carbocycles. The number of thiophene rings is 1. The van der Waals surface area contributed by atoms with Crippen molar-refractivity contribution in [1.29, 1.82) is 0 Å². The highest BCUT2D eigenvalue weighted by Crippen LogP contribution is 2.40. The van der Waals surface area contributed by atoms with Crippen LogP contribution in [0.4, 0.5) is 11.5 Å². The number of hydrogen-bond donors (Lipinski definition) is 2. The van der Waals surface area contributed by atoms with Crippen molar-refractivity contribution < 1.29 is 9.53 Å². The normalized spacial score (nSPS) is 16.6. The van der Waals surface area contributed by atoms with Crippen LogP contribution in [-0.4, -0.2) is 54.1 Å². The van der Waals surface area contributed by atoms with Gasteiger partial charge in [-0.2, -0.15) is 0 Å². The molecule has 0 unspecified atom stereocenters. The van der Waals surface area contributed by atoms with E-state index in [9.17, 15) is 4.79 Å². The minimum atomic E-state index is -0.0885. The van der Waals surface area contributed by atoms with E-state index in [0.29, 0.717) is 5.56 Å². The molecule has 1 amide bonds. The van der Waals surface area contributed by atoms with Crippen LogP contribution in [0.15, 0.2) is 24.3 Å². The van der Waals surface area contributed by atoms with E-state index in [0.717, 1.165) is 73.2 Å². The molecule has 7 nitrogen and oxygen atoms in total. The molecule has 2 N–H and O–H groups in total. The summed E-state index contributed by atoms with van der Waals surface area (Å²) in [5.41, 5.74) is 2.95. The van der Waals surface area contributed by atoms with Crippen molar-refractivity contribution in [3.05, 3.63) is 46.1 Å². The lowest BCUT2D eigenvalue weighted by atomic mass is 10.1. The fourth-order valence-electron chi connectivity index (χ4n) is 4.15. The van der Waals surface area contributed by atoms with Crippen molar-refractivity contribution in [1.82, 2.24) is 20.2 Å². The third-order valence-corrected chi connectivity index (χ3v) is 6.90. The van der Waals surface area contributed by atoms with Gasteiger partial charge >= 0.3 is 0 Å². The summed E-state index contributed by atoms with van der Waals surface area (Å²) in [6.07, 6.45) is 3.42. The van der Waals surface area contributed by atoms with Crippen LogP contribution in [0.5, 0.6) is 0 Å². The van der Waals surface area contributed by atoms with Gasteiger partial charge in [0, 0.05) is 36.3 Å². The second-order valence-corrected chi connectivity index (χ2v) is 8.78. The minimum Gasteiger partial charge on any atom is -0.379 e. The Morgan fingerprint density at radius 3 is 2.73 bits per heavy atom. The number of benzene rings is 1. The van der Waals surface area contributed by atoms with Crippen LogP contribution in [0.2, 0.25) is 0 Å². The summed E-state index contributed by atoms with van der Waals surface area (Å²) in [7, 11) is 1.64. The van der Waals surface area contributed by atoms with Crippen LogP contribution in [0.3, 0.4) is 0 Å². The second-order valence-electron chi connectivity index (χ2n) is 7.70. The Kier molecular flexibility index (Phi) is 5.37. The van der Waals surface area contributed by atoms with Gasteiger partial charge in [-0.15, -0.1) is 11.3 Å². The van der Waals surface area contributed by atoms with Crippen LogP contribution in [-0.2, 0) is 24.1 Å². The van der Waals surface area contributed by atoms with E-state index in [-0.39, 0.29) is 5.91 Å². The fourth-order valence-corrected chi connectivity index (χ4v) is 5.43. The maximum Gasteiger partial charge on any atom is 0.251 e. The Balaban J connectivity index is 1.49. The molecule has 1 saturated heterocycles. The summed E-state index contributed by atoms with van der Waals surface area (Å²) in [6.45, 7) is 4.07. The second kappa shape index (κ2) is 8.29. The largest absolute Gasteiger partial charge is 0.379 e. The van der Waals surface area contributed by atoms with Crippen LogP contribution >= 0.6 is 11.3 Å². The molecular formula is C22H25N5O2S. The van der Waals surface area contributed by atoms with Crippen molar-refractivity contribution in [3.8, 4) is 0 Å². The van der Waals surface area contributed by atoms with Gasteiger partial charge in [0.1, 0.15) is 16.5 Å². The Labute approximate surface area is 179 Å². The topological polar surface area (TPSA) is 79.4 Å². The van der Waals surface area contributed by atoms with E-state index < -0.39 is 0 Å². The van der Waals surface area contributed by atoms with Gasteiger partial charge in [0.2, 0.25) is 0 Å². The summed E-state index contributed by atoms with van der Waals surface area (Å²) in [6, 6.07) is 7.50. The Morgan fingerprint density at radius 2 is 1.97 bits per heavy atom. The highest BCUT2D eigenvalue weighted by atomic mass is 32.1. The predicted molar refractivity (Wildman–Crippen MR) is 119 cm³/mol. The van der Waals surface area contributed by atoms with Gasteiger partial charge in [-0.25, -0.2) is 9.97 Å². The highest BCUT2D eigenvalue weighted by Gasteiger charge is 2.23. The lowest BCUT2D eigenvalue weighted by Crippen LogP contribution is -2.36. The van der Waals surface area contributed by atoms with Crippen molar-refractivity contribution in [2.45, 2.75) is 25.8 Å². The lowest BCUT2D eigenvalue weighted by molar-refractivity contribution is 0.0331. The number of amides is 1.